The summed E-state index contributed by atoms with van der Waals surface area (Å²) >= 11 is 0. The summed E-state index contributed by atoms with van der Waals surface area (Å²) in [5, 5.41) is 0. The lowest BCUT2D eigenvalue weighted by molar-refractivity contribution is -0.145. The van der Waals surface area contributed by atoms with Gasteiger partial charge in [0.15, 0.2) is 0 Å². The van der Waals surface area contributed by atoms with Crippen LogP contribution in [0.25, 0.3) is 0 Å². The molecule has 0 saturated heterocycles. The van der Waals surface area contributed by atoms with Crippen LogP contribution in [0.5, 0.6) is 5.75 Å². The number of hydrogen-bond donors (Lipinski definition) is 1. The number of carbonyl (C=O) groups excluding carboxylic acids is 1. The summed E-state index contributed by atoms with van der Waals surface area (Å²) in [6.07, 6.45) is 20.4. The van der Waals surface area contributed by atoms with E-state index in [4.69, 9.17) is 24.7 Å². The highest BCUT2D eigenvalue weighted by Crippen LogP contribution is 2.14. The van der Waals surface area contributed by atoms with Crippen molar-refractivity contribution in [1.29, 1.82) is 0 Å². The van der Waals surface area contributed by atoms with Gasteiger partial charge in [0.05, 0.1) is 26.4 Å². The van der Waals surface area contributed by atoms with E-state index in [1.807, 2.05) is 12.1 Å². The first-order valence-electron chi connectivity index (χ1n) is 14.5. The predicted octanol–water partition coefficient (Wildman–Crippen LogP) is 7.49. The minimum absolute atomic E-state index is 0.121. The summed E-state index contributed by atoms with van der Waals surface area (Å²) in [5.41, 5.74) is 6.35. The molecule has 0 atom stereocenters. The molecule has 1 rings (SSSR count). The maximum atomic E-state index is 11.8. The fourth-order valence-electron chi connectivity index (χ4n) is 4.03. The summed E-state index contributed by atoms with van der Waals surface area (Å²) < 4.78 is 21.7. The average Bonchev–Trinajstić information content (AvgIpc) is 2.88. The van der Waals surface area contributed by atoms with Gasteiger partial charge in [-0.3, -0.25) is 4.79 Å². The molecule has 0 fully saturated rings. The zero-order valence-electron chi connectivity index (χ0n) is 23.0. The molecule has 0 aliphatic heterocycles. The molecule has 0 radical (unpaired) electrons. The second-order valence-electron chi connectivity index (χ2n) is 9.56. The number of unbranched alkanes of at least 4 members (excludes halogenated alkanes) is 14. The fraction of sp³-hybridized carbons (Fsp3) is 0.767. The van der Waals surface area contributed by atoms with Crippen LogP contribution in [-0.4, -0.2) is 45.6 Å². The molecule has 36 heavy (non-hydrogen) atoms. The van der Waals surface area contributed by atoms with E-state index in [1.165, 1.54) is 83.5 Å². The molecule has 0 aromatic heterocycles. The normalized spacial score (nSPS) is 11.0. The molecule has 0 amide bonds. The molecule has 0 aliphatic rings. The number of nitrogen functional groups attached to an aromatic ring is 1. The van der Waals surface area contributed by atoms with E-state index in [0.717, 1.165) is 18.6 Å². The monoisotopic (exact) mass is 507 g/mol. The number of hydrogen-bond acceptors (Lipinski definition) is 6. The van der Waals surface area contributed by atoms with E-state index in [2.05, 4.69) is 6.92 Å². The first kappa shape index (κ1) is 32.2. The Bertz CT molecular complexity index is 608. The largest absolute Gasteiger partial charge is 0.491 e. The van der Waals surface area contributed by atoms with Crippen molar-refractivity contribution in [3.05, 3.63) is 24.3 Å². The van der Waals surface area contributed by atoms with Crippen molar-refractivity contribution in [2.45, 2.75) is 110 Å². The topological polar surface area (TPSA) is 80.0 Å². The van der Waals surface area contributed by atoms with Crippen LogP contribution >= 0.6 is 0 Å². The lowest BCUT2D eigenvalue weighted by atomic mass is 10.0. The maximum Gasteiger partial charge on any atom is 0.305 e. The van der Waals surface area contributed by atoms with Crippen molar-refractivity contribution in [3.8, 4) is 5.75 Å². The Labute approximate surface area is 220 Å². The standard InChI is InChI=1S/C30H53NO5/c1-2-3-4-5-6-7-8-9-10-11-12-13-14-15-16-17-30(32)36-27-25-34-23-22-33-24-26-35-29-20-18-28(31)19-21-29/h18-21H,2-17,22-27,31H2,1H3. The quantitative estimate of drug-likeness (QED) is 0.0795. The molecular formula is C30H53NO5. The first-order valence-corrected chi connectivity index (χ1v) is 14.5. The van der Waals surface area contributed by atoms with Crippen molar-refractivity contribution in [1.82, 2.24) is 0 Å². The van der Waals surface area contributed by atoms with E-state index in [-0.39, 0.29) is 5.97 Å². The molecule has 0 spiro atoms. The van der Waals surface area contributed by atoms with Gasteiger partial charge in [0, 0.05) is 12.1 Å². The Hall–Kier alpha value is -1.79. The maximum absolute atomic E-state index is 11.8. The Morgan fingerprint density at radius 2 is 1.06 bits per heavy atom. The highest BCUT2D eigenvalue weighted by atomic mass is 16.6. The molecule has 6 heteroatoms. The van der Waals surface area contributed by atoms with Gasteiger partial charge in [0.25, 0.3) is 0 Å². The number of nitrogens with two attached hydrogens (primary N) is 1. The number of benzene rings is 1. The molecule has 2 N–H and O–H groups in total. The molecule has 6 nitrogen and oxygen atoms in total. The van der Waals surface area contributed by atoms with Crippen LogP contribution in [-0.2, 0) is 19.0 Å². The van der Waals surface area contributed by atoms with E-state index in [1.54, 1.807) is 12.1 Å². The molecule has 208 valence electrons. The minimum Gasteiger partial charge on any atom is -0.491 e. The highest BCUT2D eigenvalue weighted by molar-refractivity contribution is 5.69. The average molecular weight is 508 g/mol. The third-order valence-electron chi connectivity index (χ3n) is 6.22. The molecule has 0 heterocycles. The van der Waals surface area contributed by atoms with E-state index >= 15 is 0 Å². The van der Waals surface area contributed by atoms with Gasteiger partial charge in [-0.05, 0) is 30.7 Å². The molecule has 0 bridgehead atoms. The van der Waals surface area contributed by atoms with Crippen LogP contribution in [0.1, 0.15) is 110 Å². The summed E-state index contributed by atoms with van der Waals surface area (Å²) in [4.78, 5) is 11.8. The van der Waals surface area contributed by atoms with Crippen LogP contribution in [0.4, 0.5) is 5.69 Å². The number of ether oxygens (including phenoxy) is 4. The van der Waals surface area contributed by atoms with Gasteiger partial charge in [-0.2, -0.15) is 0 Å². The number of esters is 1. The van der Waals surface area contributed by atoms with E-state index in [0.29, 0.717) is 51.7 Å². The Morgan fingerprint density at radius 1 is 0.611 bits per heavy atom. The lowest BCUT2D eigenvalue weighted by Gasteiger charge is -2.08. The van der Waals surface area contributed by atoms with Gasteiger partial charge < -0.3 is 24.7 Å². The molecular weight excluding hydrogens is 454 g/mol. The van der Waals surface area contributed by atoms with Crippen LogP contribution in [0, 0.1) is 0 Å². The van der Waals surface area contributed by atoms with Gasteiger partial charge in [0.2, 0.25) is 0 Å². The number of anilines is 1. The highest BCUT2D eigenvalue weighted by Gasteiger charge is 2.03. The zero-order valence-corrected chi connectivity index (χ0v) is 23.0. The Kier molecular flexibility index (Phi) is 22.3. The second-order valence-corrected chi connectivity index (χ2v) is 9.56. The van der Waals surface area contributed by atoms with Crippen LogP contribution < -0.4 is 10.5 Å². The Balaban J connectivity index is 1.73. The van der Waals surface area contributed by atoms with Crippen LogP contribution in [0.2, 0.25) is 0 Å². The molecule has 1 aromatic rings. The smallest absolute Gasteiger partial charge is 0.305 e. The van der Waals surface area contributed by atoms with Crippen molar-refractivity contribution < 1.29 is 23.7 Å². The van der Waals surface area contributed by atoms with Crippen molar-refractivity contribution >= 4 is 11.7 Å². The third kappa shape index (κ3) is 21.5. The summed E-state index contributed by atoms with van der Waals surface area (Å²) in [6, 6.07) is 7.27. The minimum atomic E-state index is -0.121. The number of carbonyl (C=O) groups is 1. The molecule has 0 unspecified atom stereocenters. The van der Waals surface area contributed by atoms with Gasteiger partial charge in [-0.1, -0.05) is 96.8 Å². The van der Waals surface area contributed by atoms with Crippen molar-refractivity contribution in [2.75, 3.05) is 45.4 Å². The van der Waals surface area contributed by atoms with E-state index in [9.17, 15) is 4.79 Å². The molecule has 1 aromatic carbocycles. The summed E-state index contributed by atoms with van der Waals surface area (Å²) in [5.74, 6) is 0.652. The van der Waals surface area contributed by atoms with Gasteiger partial charge in [0.1, 0.15) is 19.0 Å². The van der Waals surface area contributed by atoms with Gasteiger partial charge in [-0.15, -0.1) is 0 Å². The molecule has 0 aliphatic carbocycles. The molecule has 0 saturated carbocycles. The number of rotatable bonds is 26. The van der Waals surface area contributed by atoms with Crippen molar-refractivity contribution in [2.24, 2.45) is 0 Å². The second kappa shape index (κ2) is 24.9. The lowest BCUT2D eigenvalue weighted by Crippen LogP contribution is -2.14. The van der Waals surface area contributed by atoms with Crippen molar-refractivity contribution in [3.63, 3.8) is 0 Å². The van der Waals surface area contributed by atoms with Gasteiger partial charge >= 0.3 is 5.97 Å². The Morgan fingerprint density at radius 3 is 1.58 bits per heavy atom. The predicted molar refractivity (Wildman–Crippen MR) is 148 cm³/mol. The van der Waals surface area contributed by atoms with E-state index < -0.39 is 0 Å². The summed E-state index contributed by atoms with van der Waals surface area (Å²) in [6.45, 7) is 4.89. The summed E-state index contributed by atoms with van der Waals surface area (Å²) in [7, 11) is 0. The fourth-order valence-corrected chi connectivity index (χ4v) is 4.03. The SMILES string of the molecule is CCCCCCCCCCCCCCCCCC(=O)OCCOCCOCCOc1ccc(N)cc1. The third-order valence-corrected chi connectivity index (χ3v) is 6.22. The van der Waals surface area contributed by atoms with Crippen LogP contribution in [0.3, 0.4) is 0 Å². The first-order chi connectivity index (χ1) is 17.7. The van der Waals surface area contributed by atoms with Gasteiger partial charge in [-0.25, -0.2) is 0 Å². The zero-order chi connectivity index (χ0) is 25.9. The van der Waals surface area contributed by atoms with Crippen LogP contribution in [0.15, 0.2) is 24.3 Å².